The predicted molar refractivity (Wildman–Crippen MR) is 56.4 cm³/mol. The second kappa shape index (κ2) is 3.38. The molecular formula is C10H6BrNO2. The second-order valence-electron chi connectivity index (χ2n) is 2.83. The van der Waals surface area contributed by atoms with Gasteiger partial charge in [0.1, 0.15) is 0 Å². The number of benzene rings is 1. The Hall–Kier alpha value is -1.42. The number of carboxylic acid groups (broad SMARTS) is 1. The van der Waals surface area contributed by atoms with Gasteiger partial charge in [-0.05, 0) is 24.3 Å². The second-order valence-corrected chi connectivity index (χ2v) is 3.68. The van der Waals surface area contributed by atoms with E-state index in [-0.39, 0.29) is 5.56 Å². The van der Waals surface area contributed by atoms with Crippen LogP contribution >= 0.6 is 15.9 Å². The highest BCUT2D eigenvalue weighted by atomic mass is 79.9. The van der Waals surface area contributed by atoms with Gasteiger partial charge >= 0.3 is 5.97 Å². The first kappa shape index (κ1) is 9.15. The highest BCUT2D eigenvalue weighted by molar-refractivity contribution is 9.10. The van der Waals surface area contributed by atoms with Crippen LogP contribution in [0.25, 0.3) is 10.9 Å². The summed E-state index contributed by atoms with van der Waals surface area (Å²) in [7, 11) is 0. The number of hydrogen-bond donors (Lipinski definition) is 1. The summed E-state index contributed by atoms with van der Waals surface area (Å²) in [5, 5.41) is 9.61. The van der Waals surface area contributed by atoms with Crippen molar-refractivity contribution in [1.82, 2.24) is 4.98 Å². The number of aromatic carboxylic acids is 1. The van der Waals surface area contributed by atoms with Crippen molar-refractivity contribution in [3.63, 3.8) is 0 Å². The van der Waals surface area contributed by atoms with Crippen LogP contribution in [0.4, 0.5) is 0 Å². The van der Waals surface area contributed by atoms with E-state index in [9.17, 15) is 4.79 Å². The maximum absolute atomic E-state index is 10.7. The lowest BCUT2D eigenvalue weighted by Crippen LogP contribution is -1.95. The smallest absolute Gasteiger partial charge is 0.335 e. The first-order chi connectivity index (χ1) is 6.68. The van der Waals surface area contributed by atoms with E-state index < -0.39 is 5.97 Å². The number of rotatable bonds is 1. The molecule has 1 aromatic heterocycles. The molecule has 0 unspecified atom stereocenters. The minimum Gasteiger partial charge on any atom is -0.478 e. The Morgan fingerprint density at radius 1 is 1.36 bits per heavy atom. The molecule has 2 aromatic rings. The fraction of sp³-hybridized carbons (Fsp3) is 0. The van der Waals surface area contributed by atoms with Gasteiger partial charge in [0.2, 0.25) is 0 Å². The van der Waals surface area contributed by atoms with Crippen molar-refractivity contribution in [3.05, 3.63) is 40.5 Å². The van der Waals surface area contributed by atoms with Gasteiger partial charge in [-0.1, -0.05) is 15.9 Å². The van der Waals surface area contributed by atoms with E-state index in [0.717, 1.165) is 15.4 Å². The van der Waals surface area contributed by atoms with Crippen LogP contribution in [0.3, 0.4) is 0 Å². The van der Waals surface area contributed by atoms with Gasteiger partial charge in [-0.3, -0.25) is 4.98 Å². The molecule has 1 aromatic carbocycles. The van der Waals surface area contributed by atoms with Crippen LogP contribution in [0.5, 0.6) is 0 Å². The molecular weight excluding hydrogens is 246 g/mol. The van der Waals surface area contributed by atoms with Crippen molar-refractivity contribution in [2.75, 3.05) is 0 Å². The predicted octanol–water partition coefficient (Wildman–Crippen LogP) is 2.70. The Kier molecular flexibility index (Phi) is 2.21. The van der Waals surface area contributed by atoms with Crippen LogP contribution < -0.4 is 0 Å². The van der Waals surface area contributed by atoms with E-state index in [1.807, 2.05) is 0 Å². The molecule has 0 fully saturated rings. The molecule has 0 aliphatic heterocycles. The molecule has 2 rings (SSSR count). The quantitative estimate of drug-likeness (QED) is 0.848. The Bertz CT molecular complexity index is 510. The van der Waals surface area contributed by atoms with Crippen molar-refractivity contribution in [3.8, 4) is 0 Å². The molecule has 0 amide bonds. The molecule has 0 atom stereocenters. The van der Waals surface area contributed by atoms with Crippen LogP contribution in [0.15, 0.2) is 34.9 Å². The molecule has 4 heteroatoms. The van der Waals surface area contributed by atoms with Gasteiger partial charge in [0, 0.05) is 16.1 Å². The maximum atomic E-state index is 10.7. The lowest BCUT2D eigenvalue weighted by Gasteiger charge is -2.00. The van der Waals surface area contributed by atoms with Crippen molar-refractivity contribution >= 4 is 32.8 Å². The highest BCUT2D eigenvalue weighted by Gasteiger charge is 2.05. The summed E-state index contributed by atoms with van der Waals surface area (Å²) in [6.45, 7) is 0. The summed E-state index contributed by atoms with van der Waals surface area (Å²) in [5.74, 6) is -0.928. The first-order valence-corrected chi connectivity index (χ1v) is 4.75. The fourth-order valence-corrected chi connectivity index (χ4v) is 1.68. The molecule has 70 valence electrons. The number of hydrogen-bond acceptors (Lipinski definition) is 2. The Morgan fingerprint density at radius 2 is 2.14 bits per heavy atom. The Morgan fingerprint density at radius 3 is 2.86 bits per heavy atom. The van der Waals surface area contributed by atoms with Crippen molar-refractivity contribution in [2.45, 2.75) is 0 Å². The van der Waals surface area contributed by atoms with Crippen molar-refractivity contribution in [1.29, 1.82) is 0 Å². The zero-order valence-corrected chi connectivity index (χ0v) is 8.65. The minimum absolute atomic E-state index is 0.270. The van der Waals surface area contributed by atoms with E-state index in [2.05, 4.69) is 20.9 Å². The summed E-state index contributed by atoms with van der Waals surface area (Å²) in [6, 6.07) is 6.64. The third-order valence-corrected chi connectivity index (χ3v) is 2.63. The summed E-state index contributed by atoms with van der Waals surface area (Å²) in [4.78, 5) is 14.8. The molecule has 0 aliphatic carbocycles. The molecule has 0 bridgehead atoms. The van der Waals surface area contributed by atoms with Gasteiger partial charge in [-0.15, -0.1) is 0 Å². The van der Waals surface area contributed by atoms with E-state index in [1.54, 1.807) is 30.5 Å². The van der Waals surface area contributed by atoms with E-state index in [0.29, 0.717) is 0 Å². The van der Waals surface area contributed by atoms with Gasteiger partial charge in [0.15, 0.2) is 0 Å². The zero-order valence-electron chi connectivity index (χ0n) is 7.07. The van der Waals surface area contributed by atoms with Gasteiger partial charge in [0.05, 0.1) is 11.1 Å². The van der Waals surface area contributed by atoms with Crippen LogP contribution in [0.1, 0.15) is 10.4 Å². The van der Waals surface area contributed by atoms with Gasteiger partial charge in [-0.2, -0.15) is 0 Å². The SMILES string of the molecule is O=C(O)c1ccc2nccc(Br)c2c1. The minimum atomic E-state index is -0.928. The van der Waals surface area contributed by atoms with Gasteiger partial charge < -0.3 is 5.11 Å². The normalized spacial score (nSPS) is 10.4. The number of fused-ring (bicyclic) bond motifs is 1. The summed E-state index contributed by atoms with van der Waals surface area (Å²) >= 11 is 3.35. The molecule has 0 spiro atoms. The van der Waals surface area contributed by atoms with E-state index in [4.69, 9.17) is 5.11 Å². The fourth-order valence-electron chi connectivity index (χ4n) is 1.25. The molecule has 1 N–H and O–H groups in total. The number of carbonyl (C=O) groups is 1. The highest BCUT2D eigenvalue weighted by Crippen LogP contribution is 2.22. The van der Waals surface area contributed by atoms with Gasteiger partial charge in [0.25, 0.3) is 0 Å². The first-order valence-electron chi connectivity index (χ1n) is 3.96. The number of halogens is 1. The summed E-state index contributed by atoms with van der Waals surface area (Å²) < 4.78 is 0.852. The number of aromatic nitrogens is 1. The Balaban J connectivity index is 2.76. The Labute approximate surface area is 88.5 Å². The molecule has 0 aliphatic rings. The molecule has 0 radical (unpaired) electrons. The maximum Gasteiger partial charge on any atom is 0.335 e. The lowest BCUT2D eigenvalue weighted by molar-refractivity contribution is 0.0697. The lowest BCUT2D eigenvalue weighted by atomic mass is 10.1. The third kappa shape index (κ3) is 1.48. The van der Waals surface area contributed by atoms with E-state index >= 15 is 0 Å². The number of nitrogens with zero attached hydrogens (tertiary/aromatic N) is 1. The molecule has 0 saturated carbocycles. The average Bonchev–Trinajstić information content (AvgIpc) is 2.18. The average molecular weight is 252 g/mol. The van der Waals surface area contributed by atoms with Crippen LogP contribution in [0, 0.1) is 0 Å². The standard InChI is InChI=1S/C10H6BrNO2/c11-8-3-4-12-9-2-1-6(10(13)14)5-7(8)9/h1-5H,(H,13,14). The zero-order chi connectivity index (χ0) is 10.1. The number of carboxylic acids is 1. The summed E-state index contributed by atoms with van der Waals surface area (Å²) in [6.07, 6.45) is 1.67. The van der Waals surface area contributed by atoms with Crippen LogP contribution in [-0.4, -0.2) is 16.1 Å². The van der Waals surface area contributed by atoms with Crippen LogP contribution in [0.2, 0.25) is 0 Å². The van der Waals surface area contributed by atoms with Crippen molar-refractivity contribution in [2.24, 2.45) is 0 Å². The largest absolute Gasteiger partial charge is 0.478 e. The third-order valence-electron chi connectivity index (χ3n) is 1.94. The summed E-state index contributed by atoms with van der Waals surface area (Å²) in [5.41, 5.74) is 1.05. The van der Waals surface area contributed by atoms with Crippen LogP contribution in [-0.2, 0) is 0 Å². The molecule has 1 heterocycles. The molecule has 3 nitrogen and oxygen atoms in total. The monoisotopic (exact) mass is 251 g/mol. The molecule has 14 heavy (non-hydrogen) atoms. The van der Waals surface area contributed by atoms with E-state index in [1.165, 1.54) is 0 Å². The topological polar surface area (TPSA) is 50.2 Å². The van der Waals surface area contributed by atoms with Gasteiger partial charge in [-0.25, -0.2) is 4.79 Å². The number of pyridine rings is 1. The van der Waals surface area contributed by atoms with Crippen molar-refractivity contribution < 1.29 is 9.90 Å². The molecule has 0 saturated heterocycles.